The molecule has 0 saturated heterocycles. The summed E-state index contributed by atoms with van der Waals surface area (Å²) in [6.45, 7) is 0. The first-order valence-corrected chi connectivity index (χ1v) is 24.9. The van der Waals surface area contributed by atoms with Gasteiger partial charge in [-0.15, -0.1) is 0 Å². The first-order chi connectivity index (χ1) is 36.1. The Bertz CT molecular complexity index is 4570. The average molecular weight is 932 g/mol. The molecule has 0 atom stereocenters. The lowest BCUT2D eigenvalue weighted by molar-refractivity contribution is 0.668. The van der Waals surface area contributed by atoms with Crippen LogP contribution in [0.3, 0.4) is 0 Å². The highest BCUT2D eigenvalue weighted by Gasteiger charge is 2.23. The topological polar surface area (TPSA) is 37.2 Å². The van der Waals surface area contributed by atoms with Crippen molar-refractivity contribution in [3.63, 3.8) is 0 Å². The van der Waals surface area contributed by atoms with Crippen LogP contribution in [0, 0.1) is 0 Å². The fourth-order valence-corrected chi connectivity index (χ4v) is 11.8. The monoisotopic (exact) mass is 931 g/mol. The average Bonchev–Trinajstić information content (AvgIpc) is 4.19. The van der Waals surface area contributed by atoms with Crippen LogP contribution in [0.4, 0.5) is 34.1 Å². The van der Waals surface area contributed by atoms with E-state index >= 15 is 0 Å². The van der Waals surface area contributed by atoms with Gasteiger partial charge in [0.2, 0.25) is 0 Å². The fourth-order valence-electron chi connectivity index (χ4n) is 11.8. The van der Waals surface area contributed by atoms with Crippen LogP contribution in [-0.2, 0) is 0 Å². The van der Waals surface area contributed by atoms with Crippen molar-refractivity contribution in [2.24, 2.45) is 0 Å². The summed E-state index contributed by atoms with van der Waals surface area (Å²) in [4.78, 5) is 4.67. The molecule has 0 saturated carbocycles. The maximum atomic E-state index is 6.43. The van der Waals surface area contributed by atoms with Crippen LogP contribution in [0.2, 0.25) is 0 Å². The van der Waals surface area contributed by atoms with Gasteiger partial charge in [0.05, 0.1) is 16.6 Å². The fraction of sp³-hybridized carbons (Fsp3) is 0. The molecule has 16 aromatic rings. The molecule has 4 heterocycles. The van der Waals surface area contributed by atoms with E-state index in [1.54, 1.807) is 0 Å². The summed E-state index contributed by atoms with van der Waals surface area (Å²) >= 11 is 0. The molecule has 0 radical (unpaired) electrons. The van der Waals surface area contributed by atoms with Crippen molar-refractivity contribution in [2.45, 2.75) is 0 Å². The zero-order valence-electron chi connectivity index (χ0n) is 39.3. The molecular weight excluding hydrogens is 891 g/mol. The standard InChI is InChI=1S/C68H41N3O2/c1-4-14-42(15-5-1)47-36-60-58-34-43-24-26-50(69(48-16-6-2-7-17-48)52-28-30-56-54-20-10-12-22-64(54)72-66(56)40-52)32-45(43)38-62(58)71-63-39-46-33-51(27-25-44(46)35-59(63)61(37-47)68(60)71)70(49-18-8-3-9-19-49)53-29-31-57-55-21-11-13-23-65(55)73-67(57)41-53/h1-41H. The van der Waals surface area contributed by atoms with Gasteiger partial charge < -0.3 is 23.0 Å². The second-order valence-electron chi connectivity index (χ2n) is 19.3. The summed E-state index contributed by atoms with van der Waals surface area (Å²) in [7, 11) is 0. The first kappa shape index (κ1) is 39.9. The summed E-state index contributed by atoms with van der Waals surface area (Å²) in [6.07, 6.45) is 0. The van der Waals surface area contributed by atoms with Gasteiger partial charge in [0, 0.05) is 89.3 Å². The van der Waals surface area contributed by atoms with Crippen LogP contribution < -0.4 is 9.80 Å². The maximum absolute atomic E-state index is 6.43. The van der Waals surface area contributed by atoms with Gasteiger partial charge in [0.25, 0.3) is 0 Å². The number of anilines is 6. The quantitative estimate of drug-likeness (QED) is 0.160. The lowest BCUT2D eigenvalue weighted by Gasteiger charge is -2.25. The van der Waals surface area contributed by atoms with E-state index in [1.807, 2.05) is 24.3 Å². The number of rotatable bonds is 7. The van der Waals surface area contributed by atoms with Gasteiger partial charge >= 0.3 is 0 Å². The van der Waals surface area contributed by atoms with E-state index in [1.165, 1.54) is 60.0 Å². The third kappa shape index (κ3) is 6.09. The molecule has 16 rings (SSSR count). The van der Waals surface area contributed by atoms with Crippen LogP contribution in [0.25, 0.3) is 115 Å². The largest absolute Gasteiger partial charge is 0.456 e. The van der Waals surface area contributed by atoms with Crippen LogP contribution in [0.1, 0.15) is 0 Å². The summed E-state index contributed by atoms with van der Waals surface area (Å²) in [5.74, 6) is 0. The maximum Gasteiger partial charge on any atom is 0.137 e. The molecule has 12 aromatic carbocycles. The van der Waals surface area contributed by atoms with Crippen molar-refractivity contribution >= 4 is 138 Å². The number of benzene rings is 12. The summed E-state index contributed by atoms with van der Waals surface area (Å²) in [5, 5.41) is 14.1. The second-order valence-corrected chi connectivity index (χ2v) is 19.3. The Morgan fingerprint density at radius 3 is 1.15 bits per heavy atom. The highest BCUT2D eigenvalue weighted by molar-refractivity contribution is 6.27. The molecule has 0 bridgehead atoms. The van der Waals surface area contributed by atoms with Gasteiger partial charge in [0.1, 0.15) is 22.3 Å². The zero-order chi connectivity index (χ0) is 47.7. The molecule has 340 valence electrons. The number of para-hydroxylation sites is 4. The van der Waals surface area contributed by atoms with E-state index in [-0.39, 0.29) is 0 Å². The van der Waals surface area contributed by atoms with Gasteiger partial charge in [0.15, 0.2) is 0 Å². The van der Waals surface area contributed by atoms with Crippen LogP contribution in [-0.4, -0.2) is 4.40 Å². The third-order valence-electron chi connectivity index (χ3n) is 15.2. The number of fused-ring (bicyclic) bond motifs is 14. The predicted octanol–water partition coefficient (Wildman–Crippen LogP) is 19.5. The summed E-state index contributed by atoms with van der Waals surface area (Å²) in [5.41, 5.74) is 15.9. The molecule has 4 aromatic heterocycles. The molecule has 0 aliphatic rings. The highest BCUT2D eigenvalue weighted by Crippen LogP contribution is 2.47. The van der Waals surface area contributed by atoms with Crippen molar-refractivity contribution in [3.05, 3.63) is 249 Å². The predicted molar refractivity (Wildman–Crippen MR) is 305 cm³/mol. The molecule has 0 amide bonds. The number of hydrogen-bond donors (Lipinski definition) is 0. The lowest BCUT2D eigenvalue weighted by atomic mass is 9.97. The van der Waals surface area contributed by atoms with Gasteiger partial charge in [-0.25, -0.2) is 0 Å². The number of aromatic nitrogens is 1. The smallest absolute Gasteiger partial charge is 0.137 e. The highest BCUT2D eigenvalue weighted by atomic mass is 16.3. The Morgan fingerprint density at radius 2 is 0.658 bits per heavy atom. The third-order valence-corrected chi connectivity index (χ3v) is 15.2. The van der Waals surface area contributed by atoms with Crippen LogP contribution in [0.5, 0.6) is 0 Å². The van der Waals surface area contributed by atoms with E-state index < -0.39 is 0 Å². The minimum Gasteiger partial charge on any atom is -0.456 e. The van der Waals surface area contributed by atoms with E-state index in [2.05, 4.69) is 239 Å². The number of nitrogens with zero attached hydrogens (tertiary/aromatic N) is 3. The van der Waals surface area contributed by atoms with Crippen LogP contribution >= 0.6 is 0 Å². The normalized spacial score (nSPS) is 12.1. The van der Waals surface area contributed by atoms with E-state index in [4.69, 9.17) is 8.83 Å². The molecule has 0 unspecified atom stereocenters. The van der Waals surface area contributed by atoms with E-state index in [9.17, 15) is 0 Å². The van der Waals surface area contributed by atoms with E-state index in [0.717, 1.165) is 88.8 Å². The van der Waals surface area contributed by atoms with Gasteiger partial charge in [-0.3, -0.25) is 0 Å². The molecule has 73 heavy (non-hydrogen) atoms. The van der Waals surface area contributed by atoms with Gasteiger partial charge in [-0.1, -0.05) is 115 Å². The van der Waals surface area contributed by atoms with Crippen molar-refractivity contribution in [2.75, 3.05) is 9.80 Å². The SMILES string of the molecule is c1ccc(-c2cc3c4cc5ccc(N(c6ccccc6)c6ccc7c(c6)oc6ccccc67)cc5cc4n4c5cc6cc(N(c7ccccc7)c7ccc8c(c7)oc7ccccc78)ccc6cc5c(c2)c34)cc1. The molecule has 5 heteroatoms. The molecule has 5 nitrogen and oxygen atoms in total. The first-order valence-electron chi connectivity index (χ1n) is 24.9. The lowest BCUT2D eigenvalue weighted by Crippen LogP contribution is -2.09. The van der Waals surface area contributed by atoms with Gasteiger partial charge in [-0.2, -0.15) is 0 Å². The Hall–Kier alpha value is -9.84. The Kier molecular flexibility index (Phi) is 8.39. The Morgan fingerprint density at radius 1 is 0.247 bits per heavy atom. The molecular formula is C68H41N3O2. The minimum atomic E-state index is 0.867. The molecule has 0 aliphatic carbocycles. The Balaban J connectivity index is 0.907. The molecule has 0 N–H and O–H groups in total. The van der Waals surface area contributed by atoms with Crippen molar-refractivity contribution in [1.82, 2.24) is 4.40 Å². The van der Waals surface area contributed by atoms with Gasteiger partial charge in [-0.05, 0) is 154 Å². The summed E-state index contributed by atoms with van der Waals surface area (Å²) in [6, 6.07) is 89.9. The van der Waals surface area contributed by atoms with E-state index in [0.29, 0.717) is 0 Å². The molecule has 0 aliphatic heterocycles. The summed E-state index contributed by atoms with van der Waals surface area (Å²) < 4.78 is 15.4. The number of furan rings is 2. The second kappa shape index (κ2) is 15.3. The van der Waals surface area contributed by atoms with Crippen molar-refractivity contribution in [1.29, 1.82) is 0 Å². The van der Waals surface area contributed by atoms with Crippen molar-refractivity contribution in [3.8, 4) is 11.1 Å². The molecule has 0 fully saturated rings. The van der Waals surface area contributed by atoms with Crippen LogP contribution in [0.15, 0.2) is 258 Å². The minimum absolute atomic E-state index is 0.867. The van der Waals surface area contributed by atoms with Crippen molar-refractivity contribution < 1.29 is 8.83 Å². The number of hydrogen-bond acceptors (Lipinski definition) is 4. The molecule has 0 spiro atoms. The zero-order valence-corrected chi connectivity index (χ0v) is 39.3. The Labute approximate surface area is 418 Å².